The topological polar surface area (TPSA) is 72.8 Å². The first kappa shape index (κ1) is 9.18. The van der Waals surface area contributed by atoms with Crippen molar-refractivity contribution < 1.29 is 9.90 Å². The van der Waals surface area contributed by atoms with E-state index < -0.39 is 12.5 Å². The van der Waals surface area contributed by atoms with Crippen molar-refractivity contribution in [1.29, 1.82) is 0 Å². The molecule has 0 aliphatic rings. The van der Waals surface area contributed by atoms with Gasteiger partial charge in [-0.1, -0.05) is 18.2 Å². The number of nitrogens with zero attached hydrogens (tertiary/aromatic N) is 2. The van der Waals surface area contributed by atoms with Gasteiger partial charge in [-0.3, -0.25) is 0 Å². The van der Waals surface area contributed by atoms with Gasteiger partial charge in [-0.2, -0.15) is 0 Å². The third kappa shape index (κ3) is 2.55. The zero-order chi connectivity index (χ0) is 9.68. The van der Waals surface area contributed by atoms with E-state index in [0.717, 1.165) is 5.01 Å². The standard InChI is InChI=1S/C8H8N2O3/c11-8(12)6-10(9-13)7-4-2-1-3-5-7/h1-5H,6H2,(H,11,12)/p-1. The third-order valence-electron chi connectivity index (χ3n) is 1.43. The molecule has 0 saturated heterocycles. The number of anilines is 1. The van der Waals surface area contributed by atoms with E-state index in [1.54, 1.807) is 30.3 Å². The van der Waals surface area contributed by atoms with Gasteiger partial charge in [0, 0.05) is 0 Å². The molecule has 1 rings (SSSR count). The highest BCUT2D eigenvalue weighted by atomic mass is 16.4. The van der Waals surface area contributed by atoms with Crippen LogP contribution in [0.1, 0.15) is 0 Å². The van der Waals surface area contributed by atoms with Crippen LogP contribution in [0.3, 0.4) is 0 Å². The van der Waals surface area contributed by atoms with E-state index in [1.807, 2.05) is 0 Å². The van der Waals surface area contributed by atoms with Gasteiger partial charge < -0.3 is 9.90 Å². The molecule has 0 saturated carbocycles. The van der Waals surface area contributed by atoms with Crippen LogP contribution in [-0.2, 0) is 4.79 Å². The smallest absolute Gasteiger partial charge is 0.0843 e. The molecule has 5 nitrogen and oxygen atoms in total. The summed E-state index contributed by atoms with van der Waals surface area (Å²) in [6.45, 7) is -0.534. The van der Waals surface area contributed by atoms with Crippen LogP contribution in [0.4, 0.5) is 5.69 Å². The Bertz CT molecular complexity index is 300. The van der Waals surface area contributed by atoms with Gasteiger partial charge in [0.2, 0.25) is 0 Å². The zero-order valence-electron chi connectivity index (χ0n) is 6.71. The summed E-state index contributed by atoms with van der Waals surface area (Å²) in [7, 11) is 0. The fourth-order valence-corrected chi connectivity index (χ4v) is 0.890. The highest BCUT2D eigenvalue weighted by Crippen LogP contribution is 2.12. The highest BCUT2D eigenvalue weighted by molar-refractivity contribution is 5.71. The Morgan fingerprint density at radius 2 is 2.00 bits per heavy atom. The SMILES string of the molecule is O=NN(CC(=O)[O-])c1ccccc1. The molecule has 0 aromatic heterocycles. The summed E-state index contributed by atoms with van der Waals surface area (Å²) in [5.74, 6) is -1.34. The van der Waals surface area contributed by atoms with Crippen LogP contribution < -0.4 is 10.1 Å². The number of carbonyl (C=O) groups is 1. The van der Waals surface area contributed by atoms with Crippen LogP contribution in [0.25, 0.3) is 0 Å². The first-order valence-corrected chi connectivity index (χ1v) is 3.59. The maximum absolute atomic E-state index is 10.2. The van der Waals surface area contributed by atoms with Crippen molar-refractivity contribution in [3.05, 3.63) is 35.2 Å². The van der Waals surface area contributed by atoms with Crippen LogP contribution in [0.2, 0.25) is 0 Å². The van der Waals surface area contributed by atoms with Crippen molar-refractivity contribution in [3.63, 3.8) is 0 Å². The molecule has 0 aliphatic heterocycles. The predicted octanol–water partition coefficient (Wildman–Crippen LogP) is -0.0757. The van der Waals surface area contributed by atoms with E-state index in [2.05, 4.69) is 5.29 Å². The summed E-state index contributed by atoms with van der Waals surface area (Å²) >= 11 is 0. The molecule has 68 valence electrons. The minimum Gasteiger partial charge on any atom is -0.548 e. The second-order valence-electron chi connectivity index (χ2n) is 2.35. The number of para-hydroxylation sites is 1. The van der Waals surface area contributed by atoms with Crippen molar-refractivity contribution >= 4 is 11.7 Å². The molecule has 0 atom stereocenters. The maximum atomic E-state index is 10.2. The number of hydrogen-bond donors (Lipinski definition) is 0. The molecule has 0 unspecified atom stereocenters. The Morgan fingerprint density at radius 1 is 1.38 bits per heavy atom. The molecule has 0 N–H and O–H groups in total. The van der Waals surface area contributed by atoms with Crippen LogP contribution >= 0.6 is 0 Å². The number of carboxylic acids is 1. The molecule has 13 heavy (non-hydrogen) atoms. The molecule has 0 spiro atoms. The molecule has 0 amide bonds. The van der Waals surface area contributed by atoms with Gasteiger partial charge in [0.05, 0.1) is 23.5 Å². The second kappa shape index (κ2) is 4.20. The van der Waals surface area contributed by atoms with E-state index in [-0.39, 0.29) is 0 Å². The monoisotopic (exact) mass is 179 g/mol. The average molecular weight is 179 g/mol. The molecule has 0 radical (unpaired) electrons. The van der Waals surface area contributed by atoms with Crippen LogP contribution in [0.5, 0.6) is 0 Å². The predicted molar refractivity (Wildman–Crippen MR) is 44.6 cm³/mol. The van der Waals surface area contributed by atoms with E-state index in [1.165, 1.54) is 0 Å². The summed E-state index contributed by atoms with van der Waals surface area (Å²) in [6.07, 6.45) is 0. The third-order valence-corrected chi connectivity index (χ3v) is 1.43. The normalized spacial score (nSPS) is 9.23. The van der Waals surface area contributed by atoms with Gasteiger partial charge >= 0.3 is 0 Å². The zero-order valence-corrected chi connectivity index (χ0v) is 6.71. The molecular weight excluding hydrogens is 172 g/mol. The largest absolute Gasteiger partial charge is 0.548 e. The van der Waals surface area contributed by atoms with Gasteiger partial charge in [-0.25, -0.2) is 5.01 Å². The molecule has 5 heteroatoms. The molecular formula is C8H7N2O3-. The first-order chi connectivity index (χ1) is 6.24. The van der Waals surface area contributed by atoms with E-state index in [4.69, 9.17) is 0 Å². The number of aliphatic carboxylic acids is 1. The fourth-order valence-electron chi connectivity index (χ4n) is 0.890. The van der Waals surface area contributed by atoms with Gasteiger partial charge in [0.25, 0.3) is 0 Å². The van der Waals surface area contributed by atoms with Crippen molar-refractivity contribution in [2.45, 2.75) is 0 Å². The van der Waals surface area contributed by atoms with E-state index >= 15 is 0 Å². The Morgan fingerprint density at radius 3 is 2.46 bits per heavy atom. The van der Waals surface area contributed by atoms with Crippen molar-refractivity contribution in [1.82, 2.24) is 0 Å². The molecule has 0 heterocycles. The second-order valence-corrected chi connectivity index (χ2v) is 2.35. The summed E-state index contributed by atoms with van der Waals surface area (Å²) in [5.41, 5.74) is 0.432. The Labute approximate surface area is 74.5 Å². The van der Waals surface area contributed by atoms with Crippen molar-refractivity contribution in [2.24, 2.45) is 5.29 Å². The van der Waals surface area contributed by atoms with Crippen molar-refractivity contribution in [2.75, 3.05) is 11.6 Å². The highest BCUT2D eigenvalue weighted by Gasteiger charge is 2.04. The molecule has 0 aliphatic carbocycles. The minimum absolute atomic E-state index is 0.432. The number of nitroso groups, excluding NO2 is 1. The molecule has 1 aromatic carbocycles. The van der Waals surface area contributed by atoms with Gasteiger partial charge in [-0.15, -0.1) is 4.91 Å². The Balaban J connectivity index is 2.78. The first-order valence-electron chi connectivity index (χ1n) is 3.59. The quantitative estimate of drug-likeness (QED) is 0.478. The summed E-state index contributed by atoms with van der Waals surface area (Å²) in [5, 5.41) is 13.6. The van der Waals surface area contributed by atoms with Crippen LogP contribution in [0, 0.1) is 4.91 Å². The summed E-state index contributed by atoms with van der Waals surface area (Å²) in [4.78, 5) is 20.4. The lowest BCUT2D eigenvalue weighted by Gasteiger charge is -2.14. The number of hydrogen-bond acceptors (Lipinski definition) is 4. The summed E-state index contributed by atoms with van der Waals surface area (Å²) in [6, 6.07) is 8.30. The minimum atomic E-state index is -1.34. The maximum Gasteiger partial charge on any atom is 0.0843 e. The van der Waals surface area contributed by atoms with Crippen molar-refractivity contribution in [3.8, 4) is 0 Å². The molecule has 1 aromatic rings. The van der Waals surface area contributed by atoms with Crippen LogP contribution in [-0.4, -0.2) is 12.5 Å². The number of benzene rings is 1. The Hall–Kier alpha value is -1.91. The Kier molecular flexibility index (Phi) is 2.97. The molecule has 0 bridgehead atoms. The fraction of sp³-hybridized carbons (Fsp3) is 0.125. The van der Waals surface area contributed by atoms with Gasteiger partial charge in [0.15, 0.2) is 0 Å². The summed E-state index contributed by atoms with van der Waals surface area (Å²) < 4.78 is 0. The van der Waals surface area contributed by atoms with Crippen LogP contribution in [0.15, 0.2) is 35.6 Å². The number of rotatable bonds is 4. The van der Waals surface area contributed by atoms with Gasteiger partial charge in [-0.05, 0) is 12.1 Å². The number of carboxylic acid groups (broad SMARTS) is 1. The van der Waals surface area contributed by atoms with Gasteiger partial charge in [0.1, 0.15) is 0 Å². The lowest BCUT2D eigenvalue weighted by atomic mass is 10.3. The lowest BCUT2D eigenvalue weighted by Crippen LogP contribution is -2.35. The lowest BCUT2D eigenvalue weighted by molar-refractivity contribution is -0.303. The molecule has 0 fully saturated rings. The number of carbonyl (C=O) groups excluding carboxylic acids is 1. The van der Waals surface area contributed by atoms with E-state index in [9.17, 15) is 14.8 Å². The van der Waals surface area contributed by atoms with E-state index in [0.29, 0.717) is 5.69 Å². The average Bonchev–Trinajstić information content (AvgIpc) is 2.15.